The Labute approximate surface area is 333 Å². The minimum Gasteiger partial charge on any atom is -0.481 e. The molecular formula is C45H76N2O7S. The van der Waals surface area contributed by atoms with Gasteiger partial charge in [0, 0.05) is 30.1 Å². The number of aliphatic hydroxyl groups excluding tert-OH is 1. The summed E-state index contributed by atoms with van der Waals surface area (Å²) in [6.45, 7) is 23.4. The Hall–Kier alpha value is -1.23. The molecule has 314 valence electrons. The smallest absolute Gasteiger partial charge is 0.309 e. The molecule has 7 rings (SSSR count). The Morgan fingerprint density at radius 3 is 2.13 bits per heavy atom. The molecule has 6 saturated carbocycles. The predicted octanol–water partition coefficient (Wildman–Crippen LogP) is 7.21. The number of esters is 1. The lowest BCUT2D eigenvalue weighted by molar-refractivity contribution is -0.249. The van der Waals surface area contributed by atoms with Gasteiger partial charge in [0.1, 0.15) is 6.10 Å². The quantitative estimate of drug-likeness (QED) is 0.197. The first-order valence-corrected chi connectivity index (χ1v) is 24.1. The molecule has 55 heavy (non-hydrogen) atoms. The van der Waals surface area contributed by atoms with Gasteiger partial charge in [-0.15, -0.1) is 0 Å². The summed E-state index contributed by atoms with van der Waals surface area (Å²) in [5.41, 5.74) is 0.0306. The van der Waals surface area contributed by atoms with Crippen molar-refractivity contribution in [2.75, 3.05) is 37.7 Å². The summed E-state index contributed by atoms with van der Waals surface area (Å²) in [4.78, 5) is 27.6. The summed E-state index contributed by atoms with van der Waals surface area (Å²) in [7, 11) is -2.96. The van der Waals surface area contributed by atoms with Crippen LogP contribution in [0.15, 0.2) is 0 Å². The van der Waals surface area contributed by atoms with Crippen LogP contribution in [0.25, 0.3) is 0 Å². The second kappa shape index (κ2) is 14.2. The van der Waals surface area contributed by atoms with E-state index in [1.165, 1.54) is 44.9 Å². The number of rotatable bonds is 10. The first-order chi connectivity index (χ1) is 25.6. The van der Waals surface area contributed by atoms with E-state index in [9.17, 15) is 28.2 Å². The average molecular weight is 789 g/mol. The molecule has 13 atom stereocenters. The van der Waals surface area contributed by atoms with Crippen LogP contribution >= 0.6 is 0 Å². The van der Waals surface area contributed by atoms with E-state index in [-0.39, 0.29) is 69.3 Å². The van der Waals surface area contributed by atoms with E-state index >= 15 is 0 Å². The molecular weight excluding hydrogens is 713 g/mol. The Bertz CT molecular complexity index is 1580. The van der Waals surface area contributed by atoms with Gasteiger partial charge in [0.2, 0.25) is 0 Å². The monoisotopic (exact) mass is 789 g/mol. The van der Waals surface area contributed by atoms with Crippen molar-refractivity contribution in [3.05, 3.63) is 0 Å². The summed E-state index contributed by atoms with van der Waals surface area (Å²) in [6.07, 6.45) is 12.9. The van der Waals surface area contributed by atoms with Crippen molar-refractivity contribution in [3.8, 4) is 0 Å². The summed E-state index contributed by atoms with van der Waals surface area (Å²) in [6, 6.07) is -0.00325. The van der Waals surface area contributed by atoms with Gasteiger partial charge < -0.3 is 20.3 Å². The van der Waals surface area contributed by atoms with Crippen LogP contribution in [0.4, 0.5) is 0 Å². The summed E-state index contributed by atoms with van der Waals surface area (Å²) < 4.78 is 30.6. The number of carbonyl (C=O) groups is 2. The molecule has 0 amide bonds. The highest BCUT2D eigenvalue weighted by Gasteiger charge is 2.71. The third-order valence-electron chi connectivity index (χ3n) is 19.4. The number of carbonyl (C=O) groups excluding carboxylic acids is 1. The van der Waals surface area contributed by atoms with E-state index in [0.717, 1.165) is 32.2 Å². The van der Waals surface area contributed by atoms with Crippen molar-refractivity contribution in [2.24, 2.45) is 74.4 Å². The Balaban J connectivity index is 1.07. The van der Waals surface area contributed by atoms with Crippen molar-refractivity contribution in [3.63, 3.8) is 0 Å². The van der Waals surface area contributed by atoms with Crippen molar-refractivity contribution in [2.45, 2.75) is 157 Å². The van der Waals surface area contributed by atoms with Crippen molar-refractivity contribution in [1.82, 2.24) is 10.2 Å². The number of hydrogen-bond donors (Lipinski definition) is 3. The Morgan fingerprint density at radius 1 is 0.818 bits per heavy atom. The van der Waals surface area contributed by atoms with Crippen molar-refractivity contribution < 1.29 is 33.0 Å². The standard InChI is InChI=1S/C45H76N2O7S/c1-28(2)30-12-18-45(46-21-15-29(27-48)47-22-24-55(52,53)25-23-47)20-19-43(8)31(37(30)45)10-11-35-42(7)16-14-36(41(5,6)34(42)13-17-44(35,43)9)54-39(51)33-26-32(38(49)50)40(33,3)4/h28-37,46,48H,10-27H2,1-9H3,(H,49,50)/t29-,30-,31+,32-,33+,34-,35+,36-,37+,42-,43+,44+,45-/m0/s1. The molecule has 7 aliphatic rings. The molecule has 0 spiro atoms. The van der Waals surface area contributed by atoms with Gasteiger partial charge in [-0.1, -0.05) is 62.3 Å². The van der Waals surface area contributed by atoms with Gasteiger partial charge in [-0.05, 0) is 141 Å². The summed E-state index contributed by atoms with van der Waals surface area (Å²) >= 11 is 0. The number of aliphatic hydroxyl groups is 1. The molecule has 3 N–H and O–H groups in total. The van der Waals surface area contributed by atoms with Gasteiger partial charge in [-0.25, -0.2) is 8.42 Å². The van der Waals surface area contributed by atoms with E-state index in [0.29, 0.717) is 55.0 Å². The highest BCUT2D eigenvalue weighted by molar-refractivity contribution is 7.91. The fourth-order valence-corrected chi connectivity index (χ4v) is 17.1. The van der Waals surface area contributed by atoms with E-state index in [4.69, 9.17) is 4.74 Å². The lowest BCUT2D eigenvalue weighted by Crippen LogP contribution is -2.69. The van der Waals surface area contributed by atoms with Crippen molar-refractivity contribution >= 4 is 21.8 Å². The van der Waals surface area contributed by atoms with Gasteiger partial charge in [-0.2, -0.15) is 0 Å². The van der Waals surface area contributed by atoms with Gasteiger partial charge in [0.15, 0.2) is 9.84 Å². The number of carboxylic acids is 1. The lowest BCUT2D eigenvalue weighted by Gasteiger charge is -2.73. The second-order valence-corrected chi connectivity index (χ2v) is 24.6. The third kappa shape index (κ3) is 6.49. The molecule has 0 aromatic heterocycles. The molecule has 1 heterocycles. The first kappa shape index (κ1) is 41.9. The number of hydrogen-bond acceptors (Lipinski definition) is 8. The number of carboxylic acid groups (broad SMARTS) is 1. The van der Waals surface area contributed by atoms with E-state index in [1.807, 2.05) is 13.8 Å². The van der Waals surface area contributed by atoms with E-state index in [2.05, 4.69) is 58.7 Å². The summed E-state index contributed by atoms with van der Waals surface area (Å²) in [5, 5.41) is 24.3. The fourth-order valence-electron chi connectivity index (χ4n) is 15.8. The maximum absolute atomic E-state index is 13.6. The maximum Gasteiger partial charge on any atom is 0.309 e. The predicted molar refractivity (Wildman–Crippen MR) is 216 cm³/mol. The molecule has 1 aliphatic heterocycles. The van der Waals surface area contributed by atoms with E-state index < -0.39 is 27.1 Å². The molecule has 0 unspecified atom stereocenters. The zero-order valence-corrected chi connectivity index (χ0v) is 36.6. The molecule has 7 fully saturated rings. The number of fused-ring (bicyclic) bond motifs is 7. The molecule has 0 aromatic rings. The topological polar surface area (TPSA) is 133 Å². The lowest BCUT2D eigenvalue weighted by atomic mass is 9.32. The molecule has 1 saturated heterocycles. The molecule has 9 nitrogen and oxygen atoms in total. The van der Waals surface area contributed by atoms with Gasteiger partial charge in [0.25, 0.3) is 0 Å². The molecule has 10 heteroatoms. The molecule has 6 aliphatic carbocycles. The Kier molecular flexibility index (Phi) is 10.8. The van der Waals surface area contributed by atoms with E-state index in [1.54, 1.807) is 0 Å². The van der Waals surface area contributed by atoms with Crippen LogP contribution in [-0.4, -0.2) is 90.9 Å². The van der Waals surface area contributed by atoms with Crippen LogP contribution in [-0.2, 0) is 24.2 Å². The molecule has 0 aromatic carbocycles. The molecule has 0 radical (unpaired) electrons. The zero-order chi connectivity index (χ0) is 40.1. The zero-order valence-electron chi connectivity index (χ0n) is 35.8. The maximum atomic E-state index is 13.6. The van der Waals surface area contributed by atoms with Crippen LogP contribution in [0.3, 0.4) is 0 Å². The van der Waals surface area contributed by atoms with Crippen LogP contribution in [0, 0.1) is 74.4 Å². The largest absolute Gasteiger partial charge is 0.481 e. The van der Waals surface area contributed by atoms with Crippen LogP contribution < -0.4 is 5.32 Å². The third-order valence-corrected chi connectivity index (χ3v) is 21.1. The summed E-state index contributed by atoms with van der Waals surface area (Å²) in [5.74, 6) is 2.24. The second-order valence-electron chi connectivity index (χ2n) is 22.3. The van der Waals surface area contributed by atoms with Crippen molar-refractivity contribution in [1.29, 1.82) is 0 Å². The van der Waals surface area contributed by atoms with Crippen LogP contribution in [0.2, 0.25) is 0 Å². The minimum atomic E-state index is -2.96. The van der Waals surface area contributed by atoms with Gasteiger partial charge in [0.05, 0.1) is 29.9 Å². The average Bonchev–Trinajstić information content (AvgIpc) is 3.48. The number of nitrogens with one attached hydrogen (secondary N) is 1. The fraction of sp³-hybridized carbons (Fsp3) is 0.956. The number of nitrogens with zero attached hydrogens (tertiary/aromatic N) is 1. The molecule has 0 bridgehead atoms. The van der Waals surface area contributed by atoms with Gasteiger partial charge in [-0.3, -0.25) is 14.5 Å². The highest BCUT2D eigenvalue weighted by Crippen LogP contribution is 2.76. The van der Waals surface area contributed by atoms with Crippen LogP contribution in [0.1, 0.15) is 139 Å². The van der Waals surface area contributed by atoms with Crippen LogP contribution in [0.5, 0.6) is 0 Å². The number of ether oxygens (including phenoxy) is 1. The highest BCUT2D eigenvalue weighted by atomic mass is 32.2. The SMILES string of the molecule is CC(C)[C@@H]1CC[C@]2(NCC[C@@H](CO)N3CCS(=O)(=O)CC3)CC[C@]3(C)[C@H](CC[C@@H]4[C@@]5(C)CC[C@H](OC(=O)[C@H]6C[C@@H](C(=O)O)C6(C)C)C(C)(C)[C@@H]5CC[C@]43C)[C@@H]12. The Morgan fingerprint density at radius 2 is 1.51 bits per heavy atom. The number of aliphatic carboxylic acids is 1. The van der Waals surface area contributed by atoms with Gasteiger partial charge >= 0.3 is 11.9 Å². The first-order valence-electron chi connectivity index (χ1n) is 22.3. The normalized spacial score (nSPS) is 46.3. The number of sulfone groups is 1. The minimum absolute atomic E-state index is 0.00325.